The standard InChI is InChI=1S/C14H17N3O2/c1-3-12-13(15)16-9-17-14(12)19-11-7-5-6-10(8-11)18-4-2/h5-9H,3-4H2,1-2H3,(H2,15,16,17). The zero-order valence-corrected chi connectivity index (χ0v) is 11.1. The number of hydrogen-bond acceptors (Lipinski definition) is 5. The molecule has 1 aromatic carbocycles. The van der Waals surface area contributed by atoms with Gasteiger partial charge in [0.05, 0.1) is 12.2 Å². The number of nitrogens with two attached hydrogens (primary N) is 1. The lowest BCUT2D eigenvalue weighted by Crippen LogP contribution is -2.01. The highest BCUT2D eigenvalue weighted by atomic mass is 16.5. The van der Waals surface area contributed by atoms with Crippen molar-refractivity contribution < 1.29 is 9.47 Å². The van der Waals surface area contributed by atoms with Crippen LogP contribution in [-0.2, 0) is 6.42 Å². The number of hydrogen-bond donors (Lipinski definition) is 1. The Kier molecular flexibility index (Phi) is 4.18. The number of anilines is 1. The first-order valence-corrected chi connectivity index (χ1v) is 6.24. The molecule has 0 atom stereocenters. The second-order valence-corrected chi connectivity index (χ2v) is 3.91. The quantitative estimate of drug-likeness (QED) is 0.894. The Morgan fingerprint density at radius 3 is 2.68 bits per heavy atom. The van der Waals surface area contributed by atoms with Gasteiger partial charge in [0.15, 0.2) is 0 Å². The molecular formula is C14H17N3O2. The Morgan fingerprint density at radius 2 is 1.95 bits per heavy atom. The lowest BCUT2D eigenvalue weighted by Gasteiger charge is -2.11. The smallest absolute Gasteiger partial charge is 0.227 e. The third kappa shape index (κ3) is 3.13. The molecule has 0 saturated heterocycles. The topological polar surface area (TPSA) is 70.3 Å². The van der Waals surface area contributed by atoms with Gasteiger partial charge in [0.1, 0.15) is 23.6 Å². The van der Waals surface area contributed by atoms with Gasteiger partial charge in [0, 0.05) is 6.07 Å². The third-order valence-electron chi connectivity index (χ3n) is 2.62. The third-order valence-corrected chi connectivity index (χ3v) is 2.62. The number of aromatic nitrogens is 2. The molecule has 19 heavy (non-hydrogen) atoms. The van der Waals surface area contributed by atoms with Crippen LogP contribution in [0.4, 0.5) is 5.82 Å². The summed E-state index contributed by atoms with van der Waals surface area (Å²) in [5.41, 5.74) is 6.62. The zero-order chi connectivity index (χ0) is 13.7. The van der Waals surface area contributed by atoms with Crippen molar-refractivity contribution in [3.63, 3.8) is 0 Å². The highest BCUT2D eigenvalue weighted by Crippen LogP contribution is 2.28. The minimum atomic E-state index is 0.452. The van der Waals surface area contributed by atoms with Crippen LogP contribution in [-0.4, -0.2) is 16.6 Å². The van der Waals surface area contributed by atoms with Gasteiger partial charge in [-0.05, 0) is 25.5 Å². The van der Waals surface area contributed by atoms with Crippen LogP contribution in [0.2, 0.25) is 0 Å². The molecule has 0 radical (unpaired) electrons. The van der Waals surface area contributed by atoms with Crippen LogP contribution < -0.4 is 15.2 Å². The summed E-state index contributed by atoms with van der Waals surface area (Å²) in [6, 6.07) is 7.42. The first-order valence-electron chi connectivity index (χ1n) is 6.24. The van der Waals surface area contributed by atoms with Crippen molar-refractivity contribution in [2.45, 2.75) is 20.3 Å². The van der Waals surface area contributed by atoms with Crippen LogP contribution in [0.25, 0.3) is 0 Å². The van der Waals surface area contributed by atoms with Crippen LogP contribution in [0.3, 0.4) is 0 Å². The number of ether oxygens (including phenoxy) is 2. The van der Waals surface area contributed by atoms with Gasteiger partial charge in [0.25, 0.3) is 0 Å². The van der Waals surface area contributed by atoms with Gasteiger partial charge in [0.2, 0.25) is 5.88 Å². The molecule has 5 heteroatoms. The van der Waals surface area contributed by atoms with Crippen molar-refractivity contribution >= 4 is 5.82 Å². The Bertz CT molecular complexity index is 558. The van der Waals surface area contributed by atoms with Crippen LogP contribution in [0.1, 0.15) is 19.4 Å². The summed E-state index contributed by atoms with van der Waals surface area (Å²) in [7, 11) is 0. The van der Waals surface area contributed by atoms with E-state index in [-0.39, 0.29) is 0 Å². The monoisotopic (exact) mass is 259 g/mol. The zero-order valence-electron chi connectivity index (χ0n) is 11.1. The summed E-state index contributed by atoms with van der Waals surface area (Å²) in [5.74, 6) is 2.37. The van der Waals surface area contributed by atoms with Crippen LogP contribution >= 0.6 is 0 Å². The van der Waals surface area contributed by atoms with E-state index in [9.17, 15) is 0 Å². The molecule has 1 heterocycles. The SMILES string of the molecule is CCOc1cccc(Oc2ncnc(N)c2CC)c1. The molecule has 5 nitrogen and oxygen atoms in total. The van der Waals surface area contributed by atoms with E-state index < -0.39 is 0 Å². The highest BCUT2D eigenvalue weighted by Gasteiger charge is 2.09. The molecule has 0 spiro atoms. The van der Waals surface area contributed by atoms with E-state index in [2.05, 4.69) is 9.97 Å². The second kappa shape index (κ2) is 6.04. The normalized spacial score (nSPS) is 10.2. The molecular weight excluding hydrogens is 242 g/mol. The Hall–Kier alpha value is -2.30. The molecule has 0 aliphatic heterocycles. The summed E-state index contributed by atoms with van der Waals surface area (Å²) < 4.78 is 11.2. The number of rotatable bonds is 5. The highest BCUT2D eigenvalue weighted by molar-refractivity contribution is 5.46. The van der Waals surface area contributed by atoms with E-state index in [1.807, 2.05) is 38.1 Å². The van der Waals surface area contributed by atoms with Gasteiger partial charge in [-0.25, -0.2) is 9.97 Å². The Labute approximate surface area is 112 Å². The van der Waals surface area contributed by atoms with Crippen molar-refractivity contribution in [3.05, 3.63) is 36.2 Å². The number of nitrogens with zero attached hydrogens (tertiary/aromatic N) is 2. The molecule has 2 aromatic rings. The summed E-state index contributed by atoms with van der Waals surface area (Å²) >= 11 is 0. The fourth-order valence-corrected chi connectivity index (χ4v) is 1.73. The van der Waals surface area contributed by atoms with Gasteiger partial charge in [-0.3, -0.25) is 0 Å². The van der Waals surface area contributed by atoms with E-state index in [0.29, 0.717) is 30.5 Å². The number of nitrogen functional groups attached to an aromatic ring is 1. The van der Waals surface area contributed by atoms with Crippen molar-refractivity contribution in [1.29, 1.82) is 0 Å². The Morgan fingerprint density at radius 1 is 1.16 bits per heavy atom. The minimum Gasteiger partial charge on any atom is -0.494 e. The van der Waals surface area contributed by atoms with E-state index >= 15 is 0 Å². The Balaban J connectivity index is 2.26. The van der Waals surface area contributed by atoms with Crippen molar-refractivity contribution in [3.8, 4) is 17.4 Å². The van der Waals surface area contributed by atoms with Gasteiger partial charge >= 0.3 is 0 Å². The summed E-state index contributed by atoms with van der Waals surface area (Å²) in [5, 5.41) is 0. The molecule has 0 aliphatic carbocycles. The lowest BCUT2D eigenvalue weighted by atomic mass is 10.2. The summed E-state index contributed by atoms with van der Waals surface area (Å²) in [4.78, 5) is 8.09. The molecule has 2 rings (SSSR count). The van der Waals surface area contributed by atoms with Gasteiger partial charge in [-0.2, -0.15) is 0 Å². The van der Waals surface area contributed by atoms with Crippen LogP contribution in [0.15, 0.2) is 30.6 Å². The fourth-order valence-electron chi connectivity index (χ4n) is 1.73. The van der Waals surface area contributed by atoms with Gasteiger partial charge < -0.3 is 15.2 Å². The van der Waals surface area contributed by atoms with E-state index in [0.717, 1.165) is 11.3 Å². The van der Waals surface area contributed by atoms with E-state index in [1.165, 1.54) is 6.33 Å². The van der Waals surface area contributed by atoms with E-state index in [4.69, 9.17) is 15.2 Å². The van der Waals surface area contributed by atoms with Crippen LogP contribution in [0, 0.1) is 0 Å². The maximum absolute atomic E-state index is 5.81. The molecule has 0 amide bonds. The summed E-state index contributed by atoms with van der Waals surface area (Å²) in [6.07, 6.45) is 2.11. The van der Waals surface area contributed by atoms with E-state index in [1.54, 1.807) is 0 Å². The molecule has 0 bridgehead atoms. The molecule has 100 valence electrons. The molecule has 0 unspecified atom stereocenters. The number of benzene rings is 1. The maximum Gasteiger partial charge on any atom is 0.227 e. The second-order valence-electron chi connectivity index (χ2n) is 3.91. The van der Waals surface area contributed by atoms with Crippen molar-refractivity contribution in [1.82, 2.24) is 9.97 Å². The molecule has 0 fully saturated rings. The molecule has 1 aromatic heterocycles. The molecule has 0 aliphatic rings. The summed E-state index contributed by atoms with van der Waals surface area (Å²) in [6.45, 7) is 4.54. The maximum atomic E-state index is 5.81. The van der Waals surface area contributed by atoms with Gasteiger partial charge in [-0.15, -0.1) is 0 Å². The molecule has 2 N–H and O–H groups in total. The fraction of sp³-hybridized carbons (Fsp3) is 0.286. The largest absolute Gasteiger partial charge is 0.494 e. The van der Waals surface area contributed by atoms with Gasteiger partial charge in [-0.1, -0.05) is 13.0 Å². The first kappa shape index (κ1) is 13.1. The first-order chi connectivity index (χ1) is 9.24. The molecule has 0 saturated carbocycles. The van der Waals surface area contributed by atoms with Crippen molar-refractivity contribution in [2.24, 2.45) is 0 Å². The average Bonchev–Trinajstić information content (AvgIpc) is 2.40. The average molecular weight is 259 g/mol. The van der Waals surface area contributed by atoms with Crippen LogP contribution in [0.5, 0.6) is 17.4 Å². The predicted octanol–water partition coefficient (Wildman–Crippen LogP) is 2.81. The van der Waals surface area contributed by atoms with Crippen molar-refractivity contribution in [2.75, 3.05) is 12.3 Å². The lowest BCUT2D eigenvalue weighted by molar-refractivity contribution is 0.338. The minimum absolute atomic E-state index is 0.452. The predicted molar refractivity (Wildman–Crippen MR) is 73.5 cm³/mol.